The lowest BCUT2D eigenvalue weighted by Crippen LogP contribution is -2.27. The molecule has 2 N–H and O–H groups in total. The van der Waals surface area contributed by atoms with Gasteiger partial charge in [-0.1, -0.05) is 15.9 Å². The Hall–Kier alpha value is -1.31. The number of fused-ring (bicyclic) bond motifs is 1. The first-order valence-electron chi connectivity index (χ1n) is 4.74. The van der Waals surface area contributed by atoms with Crippen molar-refractivity contribution in [3.8, 4) is 0 Å². The fourth-order valence-corrected chi connectivity index (χ4v) is 2.86. The molecule has 0 aliphatic heterocycles. The van der Waals surface area contributed by atoms with E-state index in [4.69, 9.17) is 10.1 Å². The Morgan fingerprint density at radius 2 is 2.00 bits per heavy atom. The maximum Gasteiger partial charge on any atom is 0.331 e. The van der Waals surface area contributed by atoms with Crippen LogP contribution < -0.4 is 0 Å². The lowest BCUT2D eigenvalue weighted by atomic mass is 9.93. The van der Waals surface area contributed by atoms with Crippen molar-refractivity contribution in [3.63, 3.8) is 0 Å². The Morgan fingerprint density at radius 1 is 1.33 bits per heavy atom. The highest BCUT2D eigenvalue weighted by atomic mass is 79.9. The zero-order valence-corrected chi connectivity index (χ0v) is 11.2. The van der Waals surface area contributed by atoms with Gasteiger partial charge in [-0.15, -0.1) is 0 Å². The Morgan fingerprint density at radius 3 is 2.56 bits per heavy atom. The second kappa shape index (κ2) is 4.42. The third kappa shape index (κ3) is 2.16. The summed E-state index contributed by atoms with van der Waals surface area (Å²) in [6.07, 6.45) is -0.486. The third-order valence-electron chi connectivity index (χ3n) is 2.50. The number of aliphatic hydroxyl groups excluding tert-OH is 1. The number of hydrogen-bond donors (Lipinski definition) is 2. The van der Waals surface area contributed by atoms with Gasteiger partial charge in [-0.3, -0.25) is 4.55 Å². The molecule has 1 atom stereocenters. The van der Waals surface area contributed by atoms with Gasteiger partial charge in [0.25, 0.3) is 10.1 Å². The molecule has 0 saturated carbocycles. The number of aliphatic hydroxyl groups is 1. The van der Waals surface area contributed by atoms with E-state index in [0.29, 0.717) is 4.47 Å². The molecule has 6 nitrogen and oxygen atoms in total. The maximum atomic E-state index is 11.3. The predicted octanol–water partition coefficient (Wildman–Crippen LogP) is 1.07. The van der Waals surface area contributed by atoms with Crippen LogP contribution in [-0.2, 0) is 10.1 Å². The van der Waals surface area contributed by atoms with E-state index in [2.05, 4.69) is 20.7 Å². The van der Waals surface area contributed by atoms with Crippen molar-refractivity contribution in [2.45, 2.75) is 6.10 Å². The minimum atomic E-state index is -4.48. The first kappa shape index (κ1) is 13.1. The first-order chi connectivity index (χ1) is 8.34. The average molecular weight is 331 g/mol. The molecule has 0 amide bonds. The van der Waals surface area contributed by atoms with Crippen molar-refractivity contribution in [3.05, 3.63) is 45.4 Å². The molecule has 94 valence electrons. The monoisotopic (exact) mass is 330 g/mol. The topological polar surface area (TPSA) is 111 Å². The number of halogens is 1. The van der Waals surface area contributed by atoms with Gasteiger partial charge in [-0.2, -0.15) is 13.2 Å². The first-order valence-corrected chi connectivity index (χ1v) is 6.97. The van der Waals surface area contributed by atoms with Gasteiger partial charge in [-0.05, 0) is 24.3 Å². The van der Waals surface area contributed by atoms with E-state index in [9.17, 15) is 13.5 Å². The number of nitrogens with zero attached hydrogens (tertiary/aromatic N) is 2. The third-order valence-corrected chi connectivity index (χ3v) is 3.90. The van der Waals surface area contributed by atoms with Crippen molar-refractivity contribution >= 4 is 36.7 Å². The van der Waals surface area contributed by atoms with E-state index in [-0.39, 0.29) is 16.8 Å². The Balaban J connectivity index is 2.83. The molecule has 0 spiro atoms. The molecule has 1 aliphatic rings. The molecule has 0 saturated heterocycles. The highest BCUT2D eigenvalue weighted by molar-refractivity contribution is 9.10. The van der Waals surface area contributed by atoms with Gasteiger partial charge in [-0.25, -0.2) is 0 Å². The van der Waals surface area contributed by atoms with Crippen LogP contribution in [0.3, 0.4) is 0 Å². The average Bonchev–Trinajstić information content (AvgIpc) is 2.27. The lowest BCUT2D eigenvalue weighted by Gasteiger charge is -2.16. The van der Waals surface area contributed by atoms with E-state index in [1.165, 1.54) is 12.1 Å². The molecule has 18 heavy (non-hydrogen) atoms. The fourth-order valence-electron chi connectivity index (χ4n) is 1.75. The van der Waals surface area contributed by atoms with Crippen LogP contribution in [0.4, 0.5) is 0 Å². The summed E-state index contributed by atoms with van der Waals surface area (Å²) < 4.78 is 32.2. The standard InChI is InChI=1S/C10H7BrN2O4S/c11-5-1-2-6-7(3-5)9(18(15,16)17)4-8(14)10(6)13-12/h1-4,8,14H,(H,15,16,17). The summed E-state index contributed by atoms with van der Waals surface area (Å²) in [5.41, 5.74) is 9.16. The van der Waals surface area contributed by atoms with Crippen LogP contribution in [0.15, 0.2) is 28.7 Å². The number of benzene rings is 1. The quantitative estimate of drug-likeness (QED) is 0.455. The van der Waals surface area contributed by atoms with Crippen LogP contribution in [0.5, 0.6) is 0 Å². The zero-order valence-electron chi connectivity index (χ0n) is 8.78. The molecule has 1 aromatic rings. The molecule has 0 radical (unpaired) electrons. The van der Waals surface area contributed by atoms with E-state index < -0.39 is 21.1 Å². The summed E-state index contributed by atoms with van der Waals surface area (Å²) in [4.78, 5) is 2.53. The second-order valence-corrected chi connectivity index (χ2v) is 5.93. The summed E-state index contributed by atoms with van der Waals surface area (Å²) in [7, 11) is -4.48. The highest BCUT2D eigenvalue weighted by Gasteiger charge is 2.35. The van der Waals surface area contributed by atoms with E-state index in [1.54, 1.807) is 6.07 Å². The molecule has 0 bridgehead atoms. The molecular weight excluding hydrogens is 324 g/mol. The molecule has 1 unspecified atom stereocenters. The van der Waals surface area contributed by atoms with Gasteiger partial charge in [0, 0.05) is 10.0 Å². The van der Waals surface area contributed by atoms with Crippen molar-refractivity contribution in [1.29, 1.82) is 0 Å². The molecule has 0 aromatic heterocycles. The number of rotatable bonds is 1. The minimum Gasteiger partial charge on any atom is -0.377 e. The van der Waals surface area contributed by atoms with Crippen molar-refractivity contribution < 1.29 is 22.9 Å². The van der Waals surface area contributed by atoms with E-state index >= 15 is 0 Å². The molecule has 0 fully saturated rings. The number of hydrogen-bond acceptors (Lipinski definition) is 3. The highest BCUT2D eigenvalue weighted by Crippen LogP contribution is 2.31. The Labute approximate surface area is 111 Å². The second-order valence-electron chi connectivity index (χ2n) is 3.63. The van der Waals surface area contributed by atoms with Crippen molar-refractivity contribution in [2.24, 2.45) is 0 Å². The van der Waals surface area contributed by atoms with Crippen LogP contribution in [0.25, 0.3) is 10.4 Å². The van der Waals surface area contributed by atoms with Crippen LogP contribution in [0, 0.1) is 0 Å². The zero-order chi connectivity index (χ0) is 13.5. The van der Waals surface area contributed by atoms with Crippen molar-refractivity contribution in [1.82, 2.24) is 0 Å². The SMILES string of the molecule is [N-]=[N+]=C1c2ccc(Br)cc2C(S(=O)(=O)O)=CC1O. The Kier molecular flexibility index (Phi) is 3.22. The Bertz CT molecular complexity index is 705. The lowest BCUT2D eigenvalue weighted by molar-refractivity contribution is -0.0158. The largest absolute Gasteiger partial charge is 0.377 e. The molecule has 0 heterocycles. The smallest absolute Gasteiger partial charge is 0.331 e. The van der Waals surface area contributed by atoms with Gasteiger partial charge >= 0.3 is 5.71 Å². The summed E-state index contributed by atoms with van der Waals surface area (Å²) in [6.45, 7) is 0. The van der Waals surface area contributed by atoms with Crippen molar-refractivity contribution in [2.75, 3.05) is 0 Å². The van der Waals surface area contributed by atoms with Gasteiger partial charge in [0.05, 0.1) is 5.56 Å². The van der Waals surface area contributed by atoms with Gasteiger partial charge < -0.3 is 10.6 Å². The van der Waals surface area contributed by atoms with Gasteiger partial charge in [0.2, 0.25) is 0 Å². The van der Waals surface area contributed by atoms with E-state index in [0.717, 1.165) is 6.08 Å². The summed E-state index contributed by atoms with van der Waals surface area (Å²) >= 11 is 3.17. The fraction of sp³-hybridized carbons (Fsp3) is 0.100. The van der Waals surface area contributed by atoms with Gasteiger partial charge in [0.1, 0.15) is 4.91 Å². The minimum absolute atomic E-state index is 0.0788. The molecule has 2 rings (SSSR count). The molecule has 8 heteroatoms. The van der Waals surface area contributed by atoms with Gasteiger partial charge in [0.15, 0.2) is 6.10 Å². The maximum absolute atomic E-state index is 11.3. The molecule has 1 aromatic carbocycles. The van der Waals surface area contributed by atoms with Crippen LogP contribution in [0.1, 0.15) is 11.1 Å². The normalized spacial score (nSPS) is 18.9. The predicted molar refractivity (Wildman–Crippen MR) is 67.4 cm³/mol. The van der Waals surface area contributed by atoms with Crippen LogP contribution in [0.2, 0.25) is 0 Å². The summed E-state index contributed by atoms with van der Waals surface area (Å²) in [6, 6.07) is 4.53. The summed E-state index contributed by atoms with van der Waals surface area (Å²) in [5, 5.41) is 9.66. The van der Waals surface area contributed by atoms with Crippen LogP contribution >= 0.6 is 15.9 Å². The summed E-state index contributed by atoms with van der Waals surface area (Å²) in [5.74, 6) is 0. The van der Waals surface area contributed by atoms with Crippen LogP contribution in [-0.4, -0.2) is 34.7 Å². The molecule has 1 aliphatic carbocycles. The molecular formula is C10H7BrN2O4S. The van der Waals surface area contributed by atoms with E-state index in [1.807, 2.05) is 0 Å².